The Morgan fingerprint density at radius 1 is 1.24 bits per heavy atom. The highest BCUT2D eigenvalue weighted by atomic mass is 32.2. The SMILES string of the molecule is CCCCSc1nnc(-c2ccc(O)cc2)o1. The van der Waals surface area contributed by atoms with E-state index >= 15 is 0 Å². The Hall–Kier alpha value is -1.49. The molecule has 0 bridgehead atoms. The molecule has 0 saturated carbocycles. The van der Waals surface area contributed by atoms with Gasteiger partial charge in [-0.2, -0.15) is 0 Å². The average Bonchev–Trinajstić information content (AvgIpc) is 2.79. The molecule has 90 valence electrons. The van der Waals surface area contributed by atoms with Crippen molar-refractivity contribution in [3.63, 3.8) is 0 Å². The molecule has 1 aromatic carbocycles. The molecule has 1 heterocycles. The van der Waals surface area contributed by atoms with Crippen LogP contribution in [0.5, 0.6) is 5.75 Å². The summed E-state index contributed by atoms with van der Waals surface area (Å²) < 4.78 is 5.52. The van der Waals surface area contributed by atoms with Gasteiger partial charge in [0.2, 0.25) is 5.89 Å². The van der Waals surface area contributed by atoms with E-state index in [1.54, 1.807) is 36.0 Å². The Balaban J connectivity index is 2.04. The molecule has 0 fully saturated rings. The van der Waals surface area contributed by atoms with Crippen molar-refractivity contribution in [1.82, 2.24) is 10.2 Å². The predicted octanol–water partition coefficient (Wildman–Crippen LogP) is 3.33. The summed E-state index contributed by atoms with van der Waals surface area (Å²) in [6, 6.07) is 6.71. The van der Waals surface area contributed by atoms with Gasteiger partial charge in [-0.05, 0) is 30.7 Å². The maximum absolute atomic E-state index is 9.18. The fraction of sp³-hybridized carbons (Fsp3) is 0.333. The zero-order chi connectivity index (χ0) is 12.1. The average molecular weight is 250 g/mol. The fourth-order valence-electron chi connectivity index (χ4n) is 1.29. The standard InChI is InChI=1S/C12H14N2O2S/c1-2-3-8-17-12-14-13-11(16-12)9-4-6-10(15)7-5-9/h4-7,15H,2-3,8H2,1H3. The van der Waals surface area contributed by atoms with Crippen LogP contribution in [0.2, 0.25) is 0 Å². The van der Waals surface area contributed by atoms with Crippen molar-refractivity contribution < 1.29 is 9.52 Å². The molecule has 2 aromatic rings. The van der Waals surface area contributed by atoms with Crippen LogP contribution in [0, 0.1) is 0 Å². The highest BCUT2D eigenvalue weighted by Gasteiger charge is 2.08. The van der Waals surface area contributed by atoms with Gasteiger partial charge in [0.25, 0.3) is 5.22 Å². The van der Waals surface area contributed by atoms with Crippen LogP contribution in [0.1, 0.15) is 19.8 Å². The maximum Gasteiger partial charge on any atom is 0.276 e. The number of aromatic hydroxyl groups is 1. The predicted molar refractivity (Wildman–Crippen MR) is 67.0 cm³/mol. The van der Waals surface area contributed by atoms with E-state index in [9.17, 15) is 5.11 Å². The van der Waals surface area contributed by atoms with Crippen molar-refractivity contribution in [2.24, 2.45) is 0 Å². The smallest absolute Gasteiger partial charge is 0.276 e. The second-order valence-corrected chi connectivity index (χ2v) is 4.67. The van der Waals surface area contributed by atoms with Crippen LogP contribution >= 0.6 is 11.8 Å². The van der Waals surface area contributed by atoms with Crippen LogP contribution in [0.25, 0.3) is 11.5 Å². The lowest BCUT2D eigenvalue weighted by Crippen LogP contribution is -1.77. The zero-order valence-corrected chi connectivity index (χ0v) is 10.4. The maximum atomic E-state index is 9.18. The van der Waals surface area contributed by atoms with E-state index in [0.29, 0.717) is 11.1 Å². The summed E-state index contributed by atoms with van der Waals surface area (Å²) in [7, 11) is 0. The molecular formula is C12H14N2O2S. The molecular weight excluding hydrogens is 236 g/mol. The third-order valence-corrected chi connectivity index (χ3v) is 3.15. The van der Waals surface area contributed by atoms with Crippen LogP contribution in [-0.4, -0.2) is 21.1 Å². The van der Waals surface area contributed by atoms with Crippen molar-refractivity contribution in [2.75, 3.05) is 5.75 Å². The Bertz CT molecular complexity index is 468. The number of hydrogen-bond acceptors (Lipinski definition) is 5. The third kappa shape index (κ3) is 3.23. The normalized spacial score (nSPS) is 10.6. The minimum Gasteiger partial charge on any atom is -0.508 e. The highest BCUT2D eigenvalue weighted by Crippen LogP contribution is 2.24. The lowest BCUT2D eigenvalue weighted by molar-refractivity contribution is 0.465. The monoisotopic (exact) mass is 250 g/mol. The van der Waals surface area contributed by atoms with Gasteiger partial charge in [-0.3, -0.25) is 0 Å². The van der Waals surface area contributed by atoms with Crippen molar-refractivity contribution in [1.29, 1.82) is 0 Å². The number of rotatable bonds is 5. The van der Waals surface area contributed by atoms with Gasteiger partial charge < -0.3 is 9.52 Å². The van der Waals surface area contributed by atoms with E-state index in [4.69, 9.17) is 4.42 Å². The Morgan fingerprint density at radius 2 is 2.00 bits per heavy atom. The first kappa shape index (κ1) is 12.0. The van der Waals surface area contributed by atoms with Gasteiger partial charge in [0.1, 0.15) is 5.75 Å². The first-order chi connectivity index (χ1) is 8.29. The van der Waals surface area contributed by atoms with Crippen LogP contribution in [0.4, 0.5) is 0 Å². The van der Waals surface area contributed by atoms with Crippen molar-refractivity contribution >= 4 is 11.8 Å². The van der Waals surface area contributed by atoms with E-state index in [1.807, 2.05) is 0 Å². The minimum atomic E-state index is 0.228. The summed E-state index contributed by atoms with van der Waals surface area (Å²) in [4.78, 5) is 0. The molecule has 0 atom stereocenters. The number of aromatic nitrogens is 2. The van der Waals surface area contributed by atoms with E-state index in [1.165, 1.54) is 0 Å². The molecule has 1 N–H and O–H groups in total. The van der Waals surface area contributed by atoms with Gasteiger partial charge >= 0.3 is 0 Å². The van der Waals surface area contributed by atoms with Crippen molar-refractivity contribution in [3.05, 3.63) is 24.3 Å². The largest absolute Gasteiger partial charge is 0.508 e. The van der Waals surface area contributed by atoms with Crippen LogP contribution < -0.4 is 0 Å². The summed E-state index contributed by atoms with van der Waals surface area (Å²) in [5.41, 5.74) is 0.817. The number of nitrogens with zero attached hydrogens (tertiary/aromatic N) is 2. The summed E-state index contributed by atoms with van der Waals surface area (Å²) in [5.74, 6) is 1.71. The van der Waals surface area contributed by atoms with Crippen LogP contribution in [0.3, 0.4) is 0 Å². The molecule has 2 rings (SSSR count). The Kier molecular flexibility index (Phi) is 4.03. The number of phenols is 1. The van der Waals surface area contributed by atoms with Crippen LogP contribution in [-0.2, 0) is 0 Å². The molecule has 5 heteroatoms. The highest BCUT2D eigenvalue weighted by molar-refractivity contribution is 7.99. The molecule has 0 aliphatic rings. The Morgan fingerprint density at radius 3 is 2.71 bits per heavy atom. The fourth-order valence-corrected chi connectivity index (χ4v) is 2.14. The summed E-state index contributed by atoms with van der Waals surface area (Å²) >= 11 is 1.57. The molecule has 0 unspecified atom stereocenters. The molecule has 0 aliphatic heterocycles. The quantitative estimate of drug-likeness (QED) is 0.651. The van der Waals surface area contributed by atoms with Crippen molar-refractivity contribution in [2.45, 2.75) is 25.0 Å². The number of hydrogen-bond donors (Lipinski definition) is 1. The number of benzene rings is 1. The van der Waals surface area contributed by atoms with E-state index in [-0.39, 0.29) is 5.75 Å². The van der Waals surface area contributed by atoms with Crippen molar-refractivity contribution in [3.8, 4) is 17.2 Å². The van der Waals surface area contributed by atoms with Gasteiger partial charge in [-0.25, -0.2) is 0 Å². The lowest BCUT2D eigenvalue weighted by Gasteiger charge is -1.95. The third-order valence-electron chi connectivity index (χ3n) is 2.24. The van der Waals surface area contributed by atoms with E-state index in [2.05, 4.69) is 17.1 Å². The molecule has 0 saturated heterocycles. The molecule has 17 heavy (non-hydrogen) atoms. The second-order valence-electron chi connectivity index (χ2n) is 3.62. The number of thioether (sulfide) groups is 1. The van der Waals surface area contributed by atoms with E-state index < -0.39 is 0 Å². The molecule has 0 spiro atoms. The lowest BCUT2D eigenvalue weighted by atomic mass is 10.2. The van der Waals surface area contributed by atoms with Crippen LogP contribution in [0.15, 0.2) is 33.9 Å². The minimum absolute atomic E-state index is 0.228. The second kappa shape index (κ2) is 5.72. The first-order valence-electron chi connectivity index (χ1n) is 5.55. The first-order valence-corrected chi connectivity index (χ1v) is 6.54. The topological polar surface area (TPSA) is 59.2 Å². The Labute approximate surface area is 104 Å². The molecule has 0 amide bonds. The molecule has 0 aliphatic carbocycles. The van der Waals surface area contributed by atoms with Gasteiger partial charge in [-0.15, -0.1) is 10.2 Å². The number of unbranched alkanes of at least 4 members (excludes halogenated alkanes) is 1. The van der Waals surface area contributed by atoms with E-state index in [0.717, 1.165) is 24.2 Å². The molecule has 1 aromatic heterocycles. The number of phenolic OH excluding ortho intramolecular Hbond substituents is 1. The van der Waals surface area contributed by atoms with Gasteiger partial charge in [-0.1, -0.05) is 25.1 Å². The van der Waals surface area contributed by atoms with Gasteiger partial charge in [0.15, 0.2) is 0 Å². The summed E-state index contributed by atoms with van der Waals surface area (Å²) in [5, 5.41) is 17.7. The molecule has 0 radical (unpaired) electrons. The zero-order valence-electron chi connectivity index (χ0n) is 9.59. The van der Waals surface area contributed by atoms with Gasteiger partial charge in [0.05, 0.1) is 0 Å². The summed E-state index contributed by atoms with van der Waals surface area (Å²) in [6.45, 7) is 2.15. The molecule has 4 nitrogen and oxygen atoms in total. The summed E-state index contributed by atoms with van der Waals surface area (Å²) in [6.07, 6.45) is 2.30. The van der Waals surface area contributed by atoms with Gasteiger partial charge in [0, 0.05) is 11.3 Å².